The quantitative estimate of drug-likeness (QED) is 0.382. The number of carbonyl (C=O) groups excluding carboxylic acids is 1. The van der Waals surface area contributed by atoms with E-state index in [9.17, 15) is 17.6 Å². The van der Waals surface area contributed by atoms with Gasteiger partial charge in [-0.1, -0.05) is 18.2 Å². The van der Waals surface area contributed by atoms with Gasteiger partial charge in [0.25, 0.3) is 0 Å². The molecule has 0 saturated heterocycles. The fraction of sp³-hybridized carbons (Fsp3) is 0.120. The van der Waals surface area contributed by atoms with Gasteiger partial charge in [-0.2, -0.15) is 5.10 Å². The standard InChI is InChI=1S/C25H23FN4O4S/c1-17-12-13-30(29-17)23-11-8-20(16-24(23)34-21-5-3-4-19(26)15-21)28-25(31)14-18-6-9-22(10-7-18)35(32,33)27-2/h3-13,15-16,27H,14H2,1-2H3,(H,28,31). The monoisotopic (exact) mass is 494 g/mol. The highest BCUT2D eigenvalue weighted by molar-refractivity contribution is 7.89. The summed E-state index contributed by atoms with van der Waals surface area (Å²) in [5.74, 6) is -0.0565. The van der Waals surface area contributed by atoms with Gasteiger partial charge in [0.05, 0.1) is 17.0 Å². The summed E-state index contributed by atoms with van der Waals surface area (Å²) in [5.41, 5.74) is 2.55. The highest BCUT2D eigenvalue weighted by Crippen LogP contribution is 2.31. The molecule has 3 aromatic carbocycles. The molecular formula is C25H23FN4O4S. The molecule has 0 atom stereocenters. The summed E-state index contributed by atoms with van der Waals surface area (Å²) in [6.45, 7) is 1.86. The number of hydrogen-bond donors (Lipinski definition) is 2. The molecule has 0 bridgehead atoms. The number of ether oxygens (including phenoxy) is 1. The molecule has 0 radical (unpaired) electrons. The van der Waals surface area contributed by atoms with Crippen molar-refractivity contribution in [2.45, 2.75) is 18.2 Å². The van der Waals surface area contributed by atoms with Crippen LogP contribution in [0.25, 0.3) is 5.69 Å². The number of aryl methyl sites for hydroxylation is 1. The van der Waals surface area contributed by atoms with Crippen molar-refractivity contribution in [3.8, 4) is 17.2 Å². The Labute approximate surface area is 202 Å². The number of benzene rings is 3. The van der Waals surface area contributed by atoms with Crippen LogP contribution in [0.2, 0.25) is 0 Å². The second-order valence-corrected chi connectivity index (χ2v) is 9.61. The molecule has 0 unspecified atom stereocenters. The third-order valence-electron chi connectivity index (χ3n) is 5.10. The number of sulfonamides is 1. The lowest BCUT2D eigenvalue weighted by atomic mass is 10.1. The molecule has 35 heavy (non-hydrogen) atoms. The van der Waals surface area contributed by atoms with Crippen molar-refractivity contribution < 1.29 is 22.3 Å². The first kappa shape index (κ1) is 24.1. The van der Waals surface area contributed by atoms with Gasteiger partial charge in [0.15, 0.2) is 5.75 Å². The second kappa shape index (κ2) is 10.1. The van der Waals surface area contributed by atoms with Gasteiger partial charge in [0.1, 0.15) is 17.3 Å². The average Bonchev–Trinajstić information content (AvgIpc) is 3.25. The molecule has 10 heteroatoms. The van der Waals surface area contributed by atoms with Crippen LogP contribution in [0, 0.1) is 12.7 Å². The van der Waals surface area contributed by atoms with Crippen LogP contribution in [0.3, 0.4) is 0 Å². The van der Waals surface area contributed by atoms with Crippen LogP contribution in [-0.2, 0) is 21.2 Å². The minimum atomic E-state index is -3.55. The zero-order chi connectivity index (χ0) is 25.0. The third kappa shape index (κ3) is 5.92. The molecule has 0 aliphatic carbocycles. The maximum Gasteiger partial charge on any atom is 0.240 e. The molecule has 1 heterocycles. The number of amides is 1. The van der Waals surface area contributed by atoms with Gasteiger partial charge in [0, 0.05) is 24.0 Å². The number of nitrogens with one attached hydrogen (secondary N) is 2. The molecule has 1 aromatic heterocycles. The highest BCUT2D eigenvalue weighted by Gasteiger charge is 2.14. The number of carbonyl (C=O) groups is 1. The summed E-state index contributed by atoms with van der Waals surface area (Å²) in [7, 11) is -2.21. The minimum absolute atomic E-state index is 0.0417. The molecule has 0 aliphatic heterocycles. The molecule has 180 valence electrons. The lowest BCUT2D eigenvalue weighted by Gasteiger charge is -2.14. The predicted molar refractivity (Wildman–Crippen MR) is 130 cm³/mol. The maximum absolute atomic E-state index is 13.7. The number of rotatable bonds is 8. The molecular weight excluding hydrogens is 471 g/mol. The summed E-state index contributed by atoms with van der Waals surface area (Å²) in [6, 6.07) is 18.8. The van der Waals surface area contributed by atoms with E-state index in [1.807, 2.05) is 13.0 Å². The van der Waals surface area contributed by atoms with Crippen LogP contribution in [-0.4, -0.2) is 31.2 Å². The van der Waals surface area contributed by atoms with E-state index < -0.39 is 15.8 Å². The predicted octanol–water partition coefficient (Wildman–Crippen LogP) is 4.20. The first-order valence-electron chi connectivity index (χ1n) is 10.7. The van der Waals surface area contributed by atoms with Gasteiger partial charge < -0.3 is 10.1 Å². The van der Waals surface area contributed by atoms with E-state index in [1.54, 1.807) is 53.3 Å². The Morgan fingerprint density at radius 1 is 1.06 bits per heavy atom. The smallest absolute Gasteiger partial charge is 0.240 e. The van der Waals surface area contributed by atoms with E-state index in [0.29, 0.717) is 28.4 Å². The number of halogens is 1. The van der Waals surface area contributed by atoms with Gasteiger partial charge in [0.2, 0.25) is 15.9 Å². The Kier molecular flexibility index (Phi) is 6.94. The molecule has 0 fully saturated rings. The van der Waals surface area contributed by atoms with Crippen molar-refractivity contribution >= 4 is 21.6 Å². The Morgan fingerprint density at radius 2 is 1.83 bits per heavy atom. The number of hydrogen-bond acceptors (Lipinski definition) is 5. The van der Waals surface area contributed by atoms with Crippen molar-refractivity contribution in [2.24, 2.45) is 0 Å². The first-order chi connectivity index (χ1) is 16.7. The van der Waals surface area contributed by atoms with E-state index in [4.69, 9.17) is 4.74 Å². The molecule has 0 spiro atoms. The van der Waals surface area contributed by atoms with Crippen molar-refractivity contribution in [1.29, 1.82) is 0 Å². The van der Waals surface area contributed by atoms with Crippen molar-refractivity contribution in [3.05, 3.63) is 96.1 Å². The Balaban J connectivity index is 1.55. The fourth-order valence-electron chi connectivity index (χ4n) is 3.36. The summed E-state index contributed by atoms with van der Waals surface area (Å²) >= 11 is 0. The fourth-order valence-corrected chi connectivity index (χ4v) is 4.09. The zero-order valence-corrected chi connectivity index (χ0v) is 19.8. The summed E-state index contributed by atoms with van der Waals surface area (Å²) in [6.07, 6.45) is 1.82. The van der Waals surface area contributed by atoms with Gasteiger partial charge >= 0.3 is 0 Å². The van der Waals surface area contributed by atoms with Gasteiger partial charge in [-0.3, -0.25) is 4.79 Å². The van der Waals surface area contributed by atoms with Crippen molar-refractivity contribution in [3.63, 3.8) is 0 Å². The molecule has 8 nitrogen and oxygen atoms in total. The Bertz CT molecular complexity index is 1470. The van der Waals surface area contributed by atoms with Crippen LogP contribution in [0.1, 0.15) is 11.3 Å². The van der Waals surface area contributed by atoms with E-state index in [0.717, 1.165) is 5.69 Å². The largest absolute Gasteiger partial charge is 0.455 e. The summed E-state index contributed by atoms with van der Waals surface area (Å²) in [4.78, 5) is 12.8. The number of aromatic nitrogens is 2. The number of nitrogens with zero attached hydrogens (tertiary/aromatic N) is 2. The number of anilines is 1. The van der Waals surface area contributed by atoms with E-state index in [2.05, 4.69) is 15.1 Å². The lowest BCUT2D eigenvalue weighted by molar-refractivity contribution is -0.115. The minimum Gasteiger partial charge on any atom is -0.455 e. The van der Waals surface area contributed by atoms with E-state index in [-0.39, 0.29) is 17.2 Å². The topological polar surface area (TPSA) is 102 Å². The maximum atomic E-state index is 13.7. The van der Waals surface area contributed by atoms with E-state index in [1.165, 1.54) is 31.3 Å². The molecule has 0 aliphatic rings. The van der Waals surface area contributed by atoms with Crippen molar-refractivity contribution in [2.75, 3.05) is 12.4 Å². The van der Waals surface area contributed by atoms with Gasteiger partial charge in [-0.15, -0.1) is 0 Å². The van der Waals surface area contributed by atoms with Gasteiger partial charge in [-0.05, 0) is 62.0 Å². The van der Waals surface area contributed by atoms with Crippen LogP contribution >= 0.6 is 0 Å². The molecule has 2 N–H and O–H groups in total. The summed E-state index contributed by atoms with van der Waals surface area (Å²) < 4.78 is 47.2. The van der Waals surface area contributed by atoms with Gasteiger partial charge in [-0.25, -0.2) is 22.2 Å². The van der Waals surface area contributed by atoms with Crippen molar-refractivity contribution in [1.82, 2.24) is 14.5 Å². The molecule has 0 saturated carbocycles. The SMILES string of the molecule is CNS(=O)(=O)c1ccc(CC(=O)Nc2ccc(-n3ccc(C)n3)c(Oc3cccc(F)c3)c2)cc1. The van der Waals surface area contributed by atoms with Crippen LogP contribution in [0.15, 0.2) is 83.9 Å². The highest BCUT2D eigenvalue weighted by atomic mass is 32.2. The zero-order valence-electron chi connectivity index (χ0n) is 19.0. The van der Waals surface area contributed by atoms with Crippen LogP contribution in [0.5, 0.6) is 11.5 Å². The lowest BCUT2D eigenvalue weighted by Crippen LogP contribution is -2.18. The Hall–Kier alpha value is -4.02. The Morgan fingerprint density at radius 3 is 2.49 bits per heavy atom. The second-order valence-electron chi connectivity index (χ2n) is 7.72. The van der Waals surface area contributed by atoms with Crippen LogP contribution in [0.4, 0.5) is 10.1 Å². The molecule has 1 amide bonds. The normalized spacial score (nSPS) is 11.3. The summed E-state index contributed by atoms with van der Waals surface area (Å²) in [5, 5.41) is 7.22. The average molecular weight is 495 g/mol. The molecule has 4 aromatic rings. The van der Waals surface area contributed by atoms with Crippen LogP contribution < -0.4 is 14.8 Å². The van der Waals surface area contributed by atoms with E-state index >= 15 is 0 Å². The molecule has 4 rings (SSSR count). The first-order valence-corrected chi connectivity index (χ1v) is 12.1. The third-order valence-corrected chi connectivity index (χ3v) is 6.53.